The summed E-state index contributed by atoms with van der Waals surface area (Å²) >= 11 is 4.94. The summed E-state index contributed by atoms with van der Waals surface area (Å²) in [5.41, 5.74) is -0.866. The van der Waals surface area contributed by atoms with Crippen molar-refractivity contribution in [3.63, 3.8) is 0 Å². The lowest BCUT2D eigenvalue weighted by atomic mass is 9.85. The van der Waals surface area contributed by atoms with Gasteiger partial charge in [-0.1, -0.05) is 20.8 Å². The van der Waals surface area contributed by atoms with Crippen LogP contribution in [0.15, 0.2) is 12.1 Å². The van der Waals surface area contributed by atoms with Gasteiger partial charge in [-0.25, -0.2) is 18.0 Å². The highest BCUT2D eigenvalue weighted by atomic mass is 32.1. The molecule has 1 aromatic rings. The van der Waals surface area contributed by atoms with Crippen molar-refractivity contribution >= 4 is 29.1 Å². The van der Waals surface area contributed by atoms with E-state index in [2.05, 4.69) is 16.0 Å². The number of carbonyl (C=O) groups is 1. The largest absolute Gasteiger partial charge is 0.465 e. The maximum Gasteiger partial charge on any atom is 0.404 e. The minimum Gasteiger partial charge on any atom is -0.465 e. The normalized spacial score (nSPS) is 12.4. The van der Waals surface area contributed by atoms with Crippen LogP contribution in [0, 0.1) is 22.9 Å². The number of rotatable bonds is 5. The Labute approximate surface area is 143 Å². The van der Waals surface area contributed by atoms with Crippen LogP contribution in [-0.2, 0) is 0 Å². The molecular formula is C15H20F3N3O2S. The monoisotopic (exact) mass is 363 g/mol. The van der Waals surface area contributed by atoms with E-state index < -0.39 is 29.2 Å². The summed E-state index contributed by atoms with van der Waals surface area (Å²) in [6.07, 6.45) is -0.725. The summed E-state index contributed by atoms with van der Waals surface area (Å²) in [6, 6.07) is 0.741. The molecule has 0 fully saturated rings. The standard InChI is InChI=1S/C15H20F3N3O2S/c1-15(2,3)11(20-14(22)23)4-5-19-13(24)21-12-9(17)6-8(16)7-10(12)18/h6-7,11,20H,4-5H2,1-3H3,(H,22,23)(H2,19,21,24). The van der Waals surface area contributed by atoms with E-state index in [0.29, 0.717) is 18.6 Å². The minimum atomic E-state index is -1.13. The average Bonchev–Trinajstić information content (AvgIpc) is 2.40. The lowest BCUT2D eigenvalue weighted by Crippen LogP contribution is -2.45. The molecule has 1 atom stereocenters. The van der Waals surface area contributed by atoms with E-state index in [1.807, 2.05) is 20.8 Å². The molecular weight excluding hydrogens is 343 g/mol. The number of amides is 1. The summed E-state index contributed by atoms with van der Waals surface area (Å²) in [5, 5.41) is 16.3. The first-order valence-electron chi connectivity index (χ1n) is 7.19. The first-order chi connectivity index (χ1) is 11.0. The molecule has 1 unspecified atom stereocenters. The number of hydrogen-bond acceptors (Lipinski definition) is 2. The van der Waals surface area contributed by atoms with Gasteiger partial charge >= 0.3 is 6.09 Å². The van der Waals surface area contributed by atoms with Gasteiger partial charge in [0.25, 0.3) is 0 Å². The zero-order valence-electron chi connectivity index (χ0n) is 13.5. The third-order valence-electron chi connectivity index (χ3n) is 3.31. The van der Waals surface area contributed by atoms with Crippen molar-refractivity contribution in [2.75, 3.05) is 11.9 Å². The highest BCUT2D eigenvalue weighted by Gasteiger charge is 2.25. The van der Waals surface area contributed by atoms with Crippen LogP contribution >= 0.6 is 12.2 Å². The van der Waals surface area contributed by atoms with E-state index in [1.165, 1.54) is 0 Å². The maximum atomic E-state index is 13.5. The topological polar surface area (TPSA) is 73.4 Å². The SMILES string of the molecule is CC(C)(C)C(CCNC(=S)Nc1c(F)cc(F)cc1F)NC(=O)O. The smallest absolute Gasteiger partial charge is 0.404 e. The maximum absolute atomic E-state index is 13.5. The van der Waals surface area contributed by atoms with Gasteiger partial charge in [-0.3, -0.25) is 0 Å². The molecule has 0 aliphatic carbocycles. The highest BCUT2D eigenvalue weighted by Crippen LogP contribution is 2.22. The van der Waals surface area contributed by atoms with Crippen molar-refractivity contribution in [2.24, 2.45) is 5.41 Å². The van der Waals surface area contributed by atoms with Gasteiger partial charge in [0.05, 0.1) is 0 Å². The van der Waals surface area contributed by atoms with E-state index in [-0.39, 0.29) is 23.1 Å². The van der Waals surface area contributed by atoms with Crippen LogP contribution in [0.4, 0.5) is 23.7 Å². The molecule has 0 saturated carbocycles. The van der Waals surface area contributed by atoms with Crippen LogP contribution in [0.3, 0.4) is 0 Å². The van der Waals surface area contributed by atoms with E-state index in [4.69, 9.17) is 17.3 Å². The molecule has 0 saturated heterocycles. The van der Waals surface area contributed by atoms with E-state index in [9.17, 15) is 18.0 Å². The van der Waals surface area contributed by atoms with Gasteiger partial charge < -0.3 is 21.1 Å². The molecule has 0 heterocycles. The number of nitrogens with one attached hydrogen (secondary N) is 3. The van der Waals surface area contributed by atoms with Crippen molar-refractivity contribution in [2.45, 2.75) is 33.2 Å². The number of benzene rings is 1. The van der Waals surface area contributed by atoms with Gasteiger partial charge in [0, 0.05) is 24.7 Å². The quantitative estimate of drug-likeness (QED) is 0.603. The summed E-state index contributed by atoms with van der Waals surface area (Å²) in [6.45, 7) is 5.92. The molecule has 24 heavy (non-hydrogen) atoms. The second-order valence-electron chi connectivity index (χ2n) is 6.28. The summed E-state index contributed by atoms with van der Waals surface area (Å²) < 4.78 is 39.9. The molecule has 0 aliphatic rings. The van der Waals surface area contributed by atoms with Gasteiger partial charge in [0.2, 0.25) is 0 Å². The van der Waals surface area contributed by atoms with Gasteiger partial charge in [-0.05, 0) is 24.1 Å². The fraction of sp³-hybridized carbons (Fsp3) is 0.467. The Morgan fingerprint density at radius 2 is 1.79 bits per heavy atom. The Hall–Kier alpha value is -2.03. The molecule has 0 bridgehead atoms. The average molecular weight is 363 g/mol. The molecule has 0 aromatic heterocycles. The first-order valence-corrected chi connectivity index (χ1v) is 7.60. The predicted molar refractivity (Wildman–Crippen MR) is 89.6 cm³/mol. The number of carboxylic acid groups (broad SMARTS) is 1. The third kappa shape index (κ3) is 6.23. The van der Waals surface area contributed by atoms with E-state index in [0.717, 1.165) is 0 Å². The van der Waals surface area contributed by atoms with Crippen molar-refractivity contribution in [3.05, 3.63) is 29.6 Å². The predicted octanol–water partition coefficient (Wildman–Crippen LogP) is 3.46. The zero-order chi connectivity index (χ0) is 18.5. The molecule has 134 valence electrons. The fourth-order valence-corrected chi connectivity index (χ4v) is 2.22. The second-order valence-corrected chi connectivity index (χ2v) is 6.69. The van der Waals surface area contributed by atoms with Crippen LogP contribution in [0.1, 0.15) is 27.2 Å². The number of hydrogen-bond donors (Lipinski definition) is 4. The van der Waals surface area contributed by atoms with Crippen LogP contribution in [-0.4, -0.2) is 28.9 Å². The highest BCUT2D eigenvalue weighted by molar-refractivity contribution is 7.80. The van der Waals surface area contributed by atoms with Crippen LogP contribution in [0.5, 0.6) is 0 Å². The molecule has 5 nitrogen and oxygen atoms in total. The molecule has 0 aliphatic heterocycles. The summed E-state index contributed by atoms with van der Waals surface area (Å²) in [7, 11) is 0. The van der Waals surface area contributed by atoms with Crippen LogP contribution in [0.2, 0.25) is 0 Å². The van der Waals surface area contributed by atoms with Gasteiger partial charge in [0.15, 0.2) is 16.7 Å². The Morgan fingerprint density at radius 1 is 1.25 bits per heavy atom. The molecule has 9 heteroatoms. The molecule has 0 spiro atoms. The van der Waals surface area contributed by atoms with E-state index in [1.54, 1.807) is 0 Å². The molecule has 1 aromatic carbocycles. The minimum absolute atomic E-state index is 0.0533. The fourth-order valence-electron chi connectivity index (χ4n) is 2.02. The Kier molecular flexibility index (Phi) is 6.82. The third-order valence-corrected chi connectivity index (χ3v) is 3.55. The first kappa shape index (κ1) is 20.0. The Bertz CT molecular complexity index is 597. The Morgan fingerprint density at radius 3 is 2.25 bits per heavy atom. The van der Waals surface area contributed by atoms with Crippen LogP contribution in [0.25, 0.3) is 0 Å². The molecule has 1 rings (SSSR count). The second kappa shape index (κ2) is 8.18. The molecule has 4 N–H and O–H groups in total. The lowest BCUT2D eigenvalue weighted by Gasteiger charge is -2.30. The van der Waals surface area contributed by atoms with Crippen molar-refractivity contribution in [3.8, 4) is 0 Å². The zero-order valence-corrected chi connectivity index (χ0v) is 14.4. The van der Waals surface area contributed by atoms with Gasteiger partial charge in [-0.15, -0.1) is 0 Å². The lowest BCUT2D eigenvalue weighted by molar-refractivity contribution is 0.172. The van der Waals surface area contributed by atoms with Crippen molar-refractivity contribution in [1.82, 2.24) is 10.6 Å². The summed E-state index contributed by atoms with van der Waals surface area (Å²) in [4.78, 5) is 10.8. The van der Waals surface area contributed by atoms with Gasteiger partial charge in [0.1, 0.15) is 11.5 Å². The summed E-state index contributed by atoms with van der Waals surface area (Å²) in [5.74, 6) is -3.23. The number of anilines is 1. The number of thiocarbonyl (C=S) groups is 1. The van der Waals surface area contributed by atoms with Crippen LogP contribution < -0.4 is 16.0 Å². The molecule has 0 radical (unpaired) electrons. The van der Waals surface area contributed by atoms with E-state index >= 15 is 0 Å². The van der Waals surface area contributed by atoms with Gasteiger partial charge in [-0.2, -0.15) is 0 Å². The van der Waals surface area contributed by atoms with Crippen molar-refractivity contribution < 1.29 is 23.1 Å². The Balaban J connectivity index is 2.59. The number of halogens is 3. The molecule has 1 amide bonds. The van der Waals surface area contributed by atoms with Crippen molar-refractivity contribution in [1.29, 1.82) is 0 Å².